The highest BCUT2D eigenvalue weighted by Gasteiger charge is 2.31. The summed E-state index contributed by atoms with van der Waals surface area (Å²) in [5.41, 5.74) is 2.54. The van der Waals surface area contributed by atoms with Crippen LogP contribution in [0.5, 0.6) is 0 Å². The molecule has 0 radical (unpaired) electrons. The van der Waals surface area contributed by atoms with E-state index in [-0.39, 0.29) is 11.9 Å². The van der Waals surface area contributed by atoms with Crippen molar-refractivity contribution in [1.29, 1.82) is 0 Å². The van der Waals surface area contributed by atoms with E-state index >= 15 is 0 Å². The van der Waals surface area contributed by atoms with Gasteiger partial charge in [0, 0.05) is 57.5 Å². The Kier molecular flexibility index (Phi) is 5.41. The third-order valence-electron chi connectivity index (χ3n) is 5.23. The van der Waals surface area contributed by atoms with Crippen LogP contribution in [0.1, 0.15) is 19.4 Å². The fourth-order valence-electron chi connectivity index (χ4n) is 3.57. The maximum Gasteiger partial charge on any atom is 0.241 e. The number of nitrogens with zero attached hydrogens (tertiary/aromatic N) is 3. The van der Waals surface area contributed by atoms with E-state index in [4.69, 9.17) is 0 Å². The van der Waals surface area contributed by atoms with E-state index in [2.05, 4.69) is 60.2 Å². The molecule has 1 aromatic rings. The largest absolute Gasteiger partial charge is 0.368 e. The molecule has 0 aromatic heterocycles. The van der Waals surface area contributed by atoms with E-state index in [1.165, 1.54) is 11.3 Å². The highest BCUT2D eigenvalue weighted by Crippen LogP contribution is 2.18. The number of carbonyl (C=O) groups is 1. The van der Waals surface area contributed by atoms with Crippen molar-refractivity contribution in [3.63, 3.8) is 0 Å². The van der Waals surface area contributed by atoms with Gasteiger partial charge >= 0.3 is 0 Å². The van der Waals surface area contributed by atoms with Crippen LogP contribution in [0.3, 0.4) is 0 Å². The number of carbonyl (C=O) groups excluding carboxylic acids is 1. The van der Waals surface area contributed by atoms with Crippen molar-refractivity contribution in [2.24, 2.45) is 0 Å². The van der Waals surface area contributed by atoms with E-state index in [0.717, 1.165) is 45.8 Å². The molecule has 1 aromatic carbocycles. The van der Waals surface area contributed by atoms with Crippen LogP contribution in [0.2, 0.25) is 0 Å². The highest BCUT2D eigenvalue weighted by atomic mass is 16.2. The third kappa shape index (κ3) is 3.90. The molecule has 1 atom stereocenters. The van der Waals surface area contributed by atoms with Crippen molar-refractivity contribution >= 4 is 11.6 Å². The van der Waals surface area contributed by atoms with Crippen molar-refractivity contribution in [3.8, 4) is 0 Å². The van der Waals surface area contributed by atoms with Crippen molar-refractivity contribution < 1.29 is 4.79 Å². The number of hydrogen-bond acceptors (Lipinski definition) is 4. The molecule has 0 bridgehead atoms. The molecular formula is C19H30N4O. The summed E-state index contributed by atoms with van der Waals surface area (Å²) in [4.78, 5) is 19.6. The summed E-state index contributed by atoms with van der Waals surface area (Å²) in [6.07, 6.45) is 0. The Bertz CT molecular complexity index is 549. The van der Waals surface area contributed by atoms with Gasteiger partial charge in [-0.15, -0.1) is 0 Å². The normalized spacial score (nSPS) is 22.9. The van der Waals surface area contributed by atoms with Crippen LogP contribution in [0.25, 0.3) is 0 Å². The second kappa shape index (κ2) is 7.53. The lowest BCUT2D eigenvalue weighted by Gasteiger charge is -2.41. The zero-order valence-corrected chi connectivity index (χ0v) is 15.2. The number of aryl methyl sites for hydroxylation is 1. The first-order valence-electron chi connectivity index (χ1n) is 9.12. The van der Waals surface area contributed by atoms with Gasteiger partial charge < -0.3 is 15.1 Å². The second-order valence-corrected chi connectivity index (χ2v) is 7.24. The fourth-order valence-corrected chi connectivity index (χ4v) is 3.57. The first kappa shape index (κ1) is 17.2. The number of nitrogens with one attached hydrogen (secondary N) is 1. The van der Waals surface area contributed by atoms with Gasteiger partial charge in [-0.1, -0.05) is 17.7 Å². The van der Waals surface area contributed by atoms with Gasteiger partial charge in [0.15, 0.2) is 0 Å². The summed E-state index contributed by atoms with van der Waals surface area (Å²) < 4.78 is 0. The summed E-state index contributed by atoms with van der Waals surface area (Å²) in [6.45, 7) is 12.7. The number of anilines is 1. The van der Waals surface area contributed by atoms with E-state index in [0.29, 0.717) is 6.04 Å². The van der Waals surface area contributed by atoms with Crippen LogP contribution in [0.15, 0.2) is 24.3 Å². The summed E-state index contributed by atoms with van der Waals surface area (Å²) in [5.74, 6) is 0.268. The summed E-state index contributed by atoms with van der Waals surface area (Å²) >= 11 is 0. The van der Waals surface area contributed by atoms with Crippen LogP contribution in [-0.2, 0) is 4.79 Å². The molecule has 5 heteroatoms. The van der Waals surface area contributed by atoms with E-state index < -0.39 is 0 Å². The average molecular weight is 330 g/mol. The Morgan fingerprint density at radius 2 is 1.75 bits per heavy atom. The minimum Gasteiger partial charge on any atom is -0.368 e. The molecule has 1 N–H and O–H groups in total. The van der Waals surface area contributed by atoms with Crippen LogP contribution >= 0.6 is 0 Å². The van der Waals surface area contributed by atoms with Crippen molar-refractivity contribution in [1.82, 2.24) is 15.1 Å². The van der Waals surface area contributed by atoms with Crippen LogP contribution in [0, 0.1) is 6.92 Å². The topological polar surface area (TPSA) is 38.8 Å². The van der Waals surface area contributed by atoms with Gasteiger partial charge in [-0.05, 0) is 32.9 Å². The standard InChI is InChI=1S/C19H30N4O/c1-15(2)23-9-8-20-18(14-23)19(24)22-12-10-21(11-13-22)17-6-4-16(3)5-7-17/h4-7,15,18,20H,8-14H2,1-3H3/t18-/m1/s1. The molecular weight excluding hydrogens is 300 g/mol. The first-order valence-corrected chi connectivity index (χ1v) is 9.12. The Morgan fingerprint density at radius 1 is 1.08 bits per heavy atom. The molecule has 2 aliphatic heterocycles. The maximum atomic E-state index is 12.8. The lowest BCUT2D eigenvalue weighted by Crippen LogP contribution is -2.61. The quantitative estimate of drug-likeness (QED) is 0.907. The molecule has 2 heterocycles. The molecule has 2 aliphatic rings. The fraction of sp³-hybridized carbons (Fsp3) is 0.632. The van der Waals surface area contributed by atoms with Gasteiger partial charge in [-0.2, -0.15) is 0 Å². The Labute approximate surface area is 145 Å². The smallest absolute Gasteiger partial charge is 0.241 e. The summed E-state index contributed by atoms with van der Waals surface area (Å²) in [5, 5.41) is 3.40. The molecule has 0 saturated carbocycles. The maximum absolute atomic E-state index is 12.8. The van der Waals surface area contributed by atoms with Crippen LogP contribution < -0.4 is 10.2 Å². The van der Waals surface area contributed by atoms with Crippen molar-refractivity contribution in [2.75, 3.05) is 50.7 Å². The monoisotopic (exact) mass is 330 g/mol. The number of piperazine rings is 2. The molecule has 5 nitrogen and oxygen atoms in total. The van der Waals surface area contributed by atoms with Gasteiger partial charge in [-0.3, -0.25) is 9.69 Å². The van der Waals surface area contributed by atoms with Gasteiger partial charge in [0.2, 0.25) is 5.91 Å². The molecule has 0 unspecified atom stereocenters. The Balaban J connectivity index is 1.54. The summed E-state index contributed by atoms with van der Waals surface area (Å²) in [6, 6.07) is 9.11. The molecule has 3 rings (SSSR count). The lowest BCUT2D eigenvalue weighted by atomic mass is 10.1. The first-order chi connectivity index (χ1) is 11.5. The molecule has 24 heavy (non-hydrogen) atoms. The minimum atomic E-state index is -0.0490. The predicted molar refractivity (Wildman–Crippen MR) is 98.5 cm³/mol. The number of rotatable bonds is 3. The van der Waals surface area contributed by atoms with E-state index in [9.17, 15) is 4.79 Å². The Morgan fingerprint density at radius 3 is 2.38 bits per heavy atom. The lowest BCUT2D eigenvalue weighted by molar-refractivity contribution is -0.135. The van der Waals surface area contributed by atoms with E-state index in [1.807, 2.05) is 4.90 Å². The molecule has 0 spiro atoms. The zero-order valence-electron chi connectivity index (χ0n) is 15.2. The van der Waals surface area contributed by atoms with Gasteiger partial charge in [0.25, 0.3) is 0 Å². The van der Waals surface area contributed by atoms with E-state index in [1.54, 1.807) is 0 Å². The Hall–Kier alpha value is -1.59. The van der Waals surface area contributed by atoms with Crippen molar-refractivity contribution in [3.05, 3.63) is 29.8 Å². The molecule has 2 fully saturated rings. The average Bonchev–Trinajstić information content (AvgIpc) is 2.62. The number of hydrogen-bond donors (Lipinski definition) is 1. The second-order valence-electron chi connectivity index (χ2n) is 7.24. The SMILES string of the molecule is Cc1ccc(N2CCN(C(=O)[C@H]3CN(C(C)C)CCN3)CC2)cc1. The summed E-state index contributed by atoms with van der Waals surface area (Å²) in [7, 11) is 0. The van der Waals surface area contributed by atoms with Crippen molar-refractivity contribution in [2.45, 2.75) is 32.9 Å². The predicted octanol–water partition coefficient (Wildman–Crippen LogP) is 1.33. The highest BCUT2D eigenvalue weighted by molar-refractivity contribution is 5.82. The van der Waals surface area contributed by atoms with Gasteiger partial charge in [0.05, 0.1) is 6.04 Å². The molecule has 132 valence electrons. The molecule has 0 aliphatic carbocycles. The number of amides is 1. The number of benzene rings is 1. The van der Waals surface area contributed by atoms with Crippen LogP contribution in [-0.4, -0.2) is 73.6 Å². The van der Waals surface area contributed by atoms with Crippen LogP contribution in [0.4, 0.5) is 5.69 Å². The van der Waals surface area contributed by atoms with Gasteiger partial charge in [-0.25, -0.2) is 0 Å². The third-order valence-corrected chi connectivity index (χ3v) is 5.23. The zero-order chi connectivity index (χ0) is 17.1. The molecule has 1 amide bonds. The minimum absolute atomic E-state index is 0.0490. The molecule has 2 saturated heterocycles. The van der Waals surface area contributed by atoms with Gasteiger partial charge in [0.1, 0.15) is 0 Å².